The number of allylic oxidation sites excluding steroid dienone is 3. The maximum absolute atomic E-state index is 10.7. The van der Waals surface area contributed by atoms with E-state index in [4.69, 9.17) is 0 Å². The van der Waals surface area contributed by atoms with Crippen molar-refractivity contribution < 1.29 is 9.53 Å². The van der Waals surface area contributed by atoms with Gasteiger partial charge in [0.05, 0.1) is 7.11 Å². The summed E-state index contributed by atoms with van der Waals surface area (Å²) in [5, 5.41) is 2.61. The zero-order valence-electron chi connectivity index (χ0n) is 8.53. The summed E-state index contributed by atoms with van der Waals surface area (Å²) in [6, 6.07) is 0. The van der Waals surface area contributed by atoms with Gasteiger partial charge in [-0.1, -0.05) is 24.3 Å². The van der Waals surface area contributed by atoms with Gasteiger partial charge in [-0.3, -0.25) is 0 Å². The Labute approximate surface area is 84.8 Å². The number of nitrogens with one attached hydrogen (secondary N) is 1. The summed E-state index contributed by atoms with van der Waals surface area (Å²) in [6.45, 7) is 0.548. The van der Waals surface area contributed by atoms with Crippen LogP contribution in [-0.2, 0) is 4.74 Å². The fourth-order valence-electron chi connectivity index (χ4n) is 1.47. The predicted octanol–water partition coefficient (Wildman–Crippen LogP) is 2.25. The first-order chi connectivity index (χ1) is 6.83. The molecule has 1 atom stereocenters. The van der Waals surface area contributed by atoms with Crippen LogP contribution in [0.25, 0.3) is 0 Å². The van der Waals surface area contributed by atoms with Crippen LogP contribution in [0.2, 0.25) is 0 Å². The van der Waals surface area contributed by atoms with Crippen LogP contribution in [-0.4, -0.2) is 19.7 Å². The van der Waals surface area contributed by atoms with Crippen LogP contribution in [0.5, 0.6) is 0 Å². The second-order valence-electron chi connectivity index (χ2n) is 3.35. The van der Waals surface area contributed by atoms with E-state index in [9.17, 15) is 4.79 Å². The Kier molecular flexibility index (Phi) is 4.83. The number of carbonyl (C=O) groups is 1. The van der Waals surface area contributed by atoms with Crippen LogP contribution in [0.15, 0.2) is 24.3 Å². The minimum Gasteiger partial charge on any atom is -0.453 e. The Balaban J connectivity index is 2.13. The number of hydrogen-bond acceptors (Lipinski definition) is 2. The fraction of sp³-hybridized carbons (Fsp3) is 0.545. The highest BCUT2D eigenvalue weighted by atomic mass is 16.5. The van der Waals surface area contributed by atoms with Crippen LogP contribution in [0.1, 0.15) is 19.3 Å². The zero-order chi connectivity index (χ0) is 10.2. The average molecular weight is 195 g/mol. The van der Waals surface area contributed by atoms with Crippen molar-refractivity contribution in [3.63, 3.8) is 0 Å². The largest absolute Gasteiger partial charge is 0.453 e. The molecule has 1 rings (SSSR count). The lowest BCUT2D eigenvalue weighted by molar-refractivity contribution is 0.172. The molecular formula is C11H17NO2. The summed E-state index contributed by atoms with van der Waals surface area (Å²) in [5.74, 6) is 0.638. The summed E-state index contributed by atoms with van der Waals surface area (Å²) in [7, 11) is 1.37. The Morgan fingerprint density at radius 2 is 2.50 bits per heavy atom. The van der Waals surface area contributed by atoms with Crippen molar-refractivity contribution in [2.45, 2.75) is 19.3 Å². The number of hydrogen-bond donors (Lipinski definition) is 1. The molecule has 1 N–H and O–H groups in total. The minimum atomic E-state index is -0.377. The molecule has 0 aliphatic heterocycles. The van der Waals surface area contributed by atoms with E-state index >= 15 is 0 Å². The lowest BCUT2D eigenvalue weighted by atomic mass is 9.94. The fourth-order valence-corrected chi connectivity index (χ4v) is 1.47. The zero-order valence-corrected chi connectivity index (χ0v) is 8.53. The molecule has 1 aliphatic carbocycles. The van der Waals surface area contributed by atoms with Gasteiger partial charge in [0.2, 0.25) is 0 Å². The van der Waals surface area contributed by atoms with Gasteiger partial charge in [-0.15, -0.1) is 0 Å². The van der Waals surface area contributed by atoms with E-state index in [0.29, 0.717) is 12.5 Å². The summed E-state index contributed by atoms with van der Waals surface area (Å²) in [4.78, 5) is 10.7. The van der Waals surface area contributed by atoms with Crippen molar-refractivity contribution in [1.82, 2.24) is 5.32 Å². The second-order valence-corrected chi connectivity index (χ2v) is 3.35. The number of alkyl carbamates (subject to hydrolysis) is 1. The van der Waals surface area contributed by atoms with E-state index < -0.39 is 0 Å². The van der Waals surface area contributed by atoms with Crippen LogP contribution < -0.4 is 5.32 Å². The summed E-state index contributed by atoms with van der Waals surface area (Å²) >= 11 is 0. The van der Waals surface area contributed by atoms with E-state index in [2.05, 4.69) is 28.3 Å². The molecule has 1 unspecified atom stereocenters. The molecular weight excluding hydrogens is 178 g/mol. The average Bonchev–Trinajstić information content (AvgIpc) is 2.25. The summed E-state index contributed by atoms with van der Waals surface area (Å²) in [5.41, 5.74) is 0. The Hall–Kier alpha value is -1.25. The molecule has 0 aromatic rings. The molecule has 3 nitrogen and oxygen atoms in total. The standard InChI is InChI=1S/C11H17NO2/c1-14-11(13)12-9-5-8-10-6-3-2-4-7-10/h2-3,5,8,10H,4,6-7,9H2,1H3,(H,12,13). The molecule has 0 saturated carbocycles. The van der Waals surface area contributed by atoms with Gasteiger partial charge in [-0.25, -0.2) is 4.79 Å². The van der Waals surface area contributed by atoms with E-state index in [-0.39, 0.29) is 6.09 Å². The van der Waals surface area contributed by atoms with Gasteiger partial charge in [0.25, 0.3) is 0 Å². The molecule has 0 spiro atoms. The predicted molar refractivity (Wildman–Crippen MR) is 56.0 cm³/mol. The van der Waals surface area contributed by atoms with Crippen molar-refractivity contribution in [2.75, 3.05) is 13.7 Å². The number of rotatable bonds is 3. The molecule has 0 fully saturated rings. The highest BCUT2D eigenvalue weighted by Gasteiger charge is 2.04. The maximum Gasteiger partial charge on any atom is 0.407 e. The van der Waals surface area contributed by atoms with Crippen LogP contribution >= 0.6 is 0 Å². The van der Waals surface area contributed by atoms with Gasteiger partial charge in [-0.05, 0) is 25.2 Å². The molecule has 1 aliphatic rings. The van der Waals surface area contributed by atoms with Crippen molar-refractivity contribution in [1.29, 1.82) is 0 Å². The SMILES string of the molecule is COC(=O)NCC=CC1CC=CCC1. The Morgan fingerprint density at radius 3 is 3.14 bits per heavy atom. The third-order valence-corrected chi connectivity index (χ3v) is 2.27. The topological polar surface area (TPSA) is 38.3 Å². The van der Waals surface area contributed by atoms with Gasteiger partial charge in [-0.2, -0.15) is 0 Å². The van der Waals surface area contributed by atoms with E-state index in [1.807, 2.05) is 6.08 Å². The minimum absolute atomic E-state index is 0.377. The number of ether oxygens (including phenoxy) is 1. The van der Waals surface area contributed by atoms with Crippen molar-refractivity contribution in [2.24, 2.45) is 5.92 Å². The monoisotopic (exact) mass is 195 g/mol. The molecule has 0 bridgehead atoms. The third-order valence-electron chi connectivity index (χ3n) is 2.27. The molecule has 0 heterocycles. The number of carbonyl (C=O) groups excluding carboxylic acids is 1. The van der Waals surface area contributed by atoms with Crippen LogP contribution in [0, 0.1) is 5.92 Å². The maximum atomic E-state index is 10.7. The first kappa shape index (κ1) is 10.8. The van der Waals surface area contributed by atoms with Gasteiger partial charge in [0.15, 0.2) is 0 Å². The molecule has 1 amide bonds. The van der Waals surface area contributed by atoms with Gasteiger partial charge < -0.3 is 10.1 Å². The van der Waals surface area contributed by atoms with E-state index in [1.54, 1.807) is 0 Å². The summed E-state index contributed by atoms with van der Waals surface area (Å²) < 4.78 is 4.45. The molecule has 0 radical (unpaired) electrons. The Bertz CT molecular complexity index is 233. The quantitative estimate of drug-likeness (QED) is 0.701. The molecule has 0 aromatic carbocycles. The summed E-state index contributed by atoms with van der Waals surface area (Å²) in [6.07, 6.45) is 11.7. The first-order valence-electron chi connectivity index (χ1n) is 4.96. The normalized spacial score (nSPS) is 21.1. The number of amides is 1. The van der Waals surface area contributed by atoms with E-state index in [1.165, 1.54) is 20.0 Å². The molecule has 14 heavy (non-hydrogen) atoms. The van der Waals surface area contributed by atoms with Gasteiger partial charge in [0, 0.05) is 6.54 Å². The first-order valence-corrected chi connectivity index (χ1v) is 4.96. The molecule has 78 valence electrons. The molecule has 0 saturated heterocycles. The highest BCUT2D eigenvalue weighted by Crippen LogP contribution is 2.18. The van der Waals surface area contributed by atoms with E-state index in [0.717, 1.165) is 6.42 Å². The third kappa shape index (κ3) is 4.12. The van der Waals surface area contributed by atoms with Crippen molar-refractivity contribution >= 4 is 6.09 Å². The van der Waals surface area contributed by atoms with Crippen molar-refractivity contribution in [3.05, 3.63) is 24.3 Å². The second kappa shape index (κ2) is 6.24. The Morgan fingerprint density at radius 1 is 1.64 bits per heavy atom. The van der Waals surface area contributed by atoms with Crippen LogP contribution in [0.4, 0.5) is 4.79 Å². The molecule has 0 aromatic heterocycles. The van der Waals surface area contributed by atoms with Gasteiger partial charge >= 0.3 is 6.09 Å². The smallest absolute Gasteiger partial charge is 0.407 e. The van der Waals surface area contributed by atoms with Crippen molar-refractivity contribution in [3.8, 4) is 0 Å². The van der Waals surface area contributed by atoms with Crippen LogP contribution in [0.3, 0.4) is 0 Å². The number of methoxy groups -OCH3 is 1. The lowest BCUT2D eigenvalue weighted by Crippen LogP contribution is -2.22. The molecule has 3 heteroatoms. The highest BCUT2D eigenvalue weighted by molar-refractivity contribution is 5.66. The lowest BCUT2D eigenvalue weighted by Gasteiger charge is -2.12. The van der Waals surface area contributed by atoms with Gasteiger partial charge in [0.1, 0.15) is 0 Å².